The molecule has 2 heterocycles. The maximum atomic E-state index is 12.7. The van der Waals surface area contributed by atoms with Crippen LogP contribution in [0.1, 0.15) is 31.1 Å². The molecule has 1 aromatic rings. The number of nitrogens with zero attached hydrogens (tertiary/aromatic N) is 3. The first-order chi connectivity index (χ1) is 11.1. The standard InChI is InChI=1S/C15H21F3N4O2/c1-9-4-12(15(16,17)18)21-13(20-9)5-19-14(23)8-22-6-10(2)24-11(3)7-22/h4,10-11H,5-8H2,1-3H3,(H,19,23)/t10-,11+. The van der Waals surface area contributed by atoms with E-state index in [0.717, 1.165) is 6.07 Å². The van der Waals surface area contributed by atoms with Crippen molar-refractivity contribution in [3.8, 4) is 0 Å². The van der Waals surface area contributed by atoms with Crippen LogP contribution < -0.4 is 5.32 Å². The molecule has 0 aliphatic carbocycles. The number of rotatable bonds is 4. The number of hydrogen-bond donors (Lipinski definition) is 1. The van der Waals surface area contributed by atoms with Crippen LogP contribution in [0, 0.1) is 6.92 Å². The fourth-order valence-corrected chi connectivity index (χ4v) is 2.70. The van der Waals surface area contributed by atoms with E-state index < -0.39 is 11.9 Å². The van der Waals surface area contributed by atoms with Gasteiger partial charge in [-0.25, -0.2) is 9.97 Å². The van der Waals surface area contributed by atoms with Gasteiger partial charge in [0.15, 0.2) is 0 Å². The number of hydrogen-bond acceptors (Lipinski definition) is 5. The van der Waals surface area contributed by atoms with E-state index in [9.17, 15) is 18.0 Å². The van der Waals surface area contributed by atoms with Gasteiger partial charge in [-0.05, 0) is 26.8 Å². The summed E-state index contributed by atoms with van der Waals surface area (Å²) >= 11 is 0. The van der Waals surface area contributed by atoms with Gasteiger partial charge in [0.05, 0.1) is 25.3 Å². The molecule has 0 unspecified atom stereocenters. The largest absolute Gasteiger partial charge is 0.433 e. The van der Waals surface area contributed by atoms with E-state index in [1.807, 2.05) is 18.7 Å². The van der Waals surface area contributed by atoms with E-state index in [0.29, 0.717) is 13.1 Å². The lowest BCUT2D eigenvalue weighted by Gasteiger charge is -2.34. The molecule has 24 heavy (non-hydrogen) atoms. The maximum absolute atomic E-state index is 12.7. The molecule has 0 bridgehead atoms. The number of amides is 1. The van der Waals surface area contributed by atoms with Crippen LogP contribution in [0.3, 0.4) is 0 Å². The van der Waals surface area contributed by atoms with E-state index in [-0.39, 0.29) is 42.7 Å². The van der Waals surface area contributed by atoms with Crippen molar-refractivity contribution >= 4 is 5.91 Å². The summed E-state index contributed by atoms with van der Waals surface area (Å²) < 4.78 is 43.8. The average Bonchev–Trinajstić information content (AvgIpc) is 2.42. The predicted molar refractivity (Wildman–Crippen MR) is 80.1 cm³/mol. The molecule has 1 aliphatic rings. The summed E-state index contributed by atoms with van der Waals surface area (Å²) in [5.41, 5.74) is -0.799. The molecule has 0 saturated carbocycles. The minimum atomic E-state index is -4.54. The second kappa shape index (κ2) is 7.43. The summed E-state index contributed by atoms with van der Waals surface area (Å²) in [4.78, 5) is 21.3. The molecule has 134 valence electrons. The highest BCUT2D eigenvalue weighted by Gasteiger charge is 2.33. The van der Waals surface area contributed by atoms with Gasteiger partial charge < -0.3 is 10.1 Å². The molecular weight excluding hydrogens is 325 g/mol. The van der Waals surface area contributed by atoms with Gasteiger partial charge >= 0.3 is 6.18 Å². The number of nitrogens with one attached hydrogen (secondary N) is 1. The molecule has 1 aromatic heterocycles. The lowest BCUT2D eigenvalue weighted by atomic mass is 10.2. The second-order valence-corrected chi connectivity index (χ2v) is 6.04. The minimum absolute atomic E-state index is 0.0380. The number of carbonyl (C=O) groups excluding carboxylic acids is 1. The van der Waals surface area contributed by atoms with E-state index in [2.05, 4.69) is 15.3 Å². The number of alkyl halides is 3. The number of carbonyl (C=O) groups is 1. The number of morpholine rings is 1. The minimum Gasteiger partial charge on any atom is -0.373 e. The van der Waals surface area contributed by atoms with Crippen LogP contribution in [0.15, 0.2) is 6.07 Å². The molecule has 2 rings (SSSR count). The van der Waals surface area contributed by atoms with Gasteiger partial charge in [0.1, 0.15) is 11.5 Å². The fourth-order valence-electron chi connectivity index (χ4n) is 2.70. The van der Waals surface area contributed by atoms with Crippen molar-refractivity contribution in [3.63, 3.8) is 0 Å². The van der Waals surface area contributed by atoms with Crippen LogP contribution in [0.5, 0.6) is 0 Å². The van der Waals surface area contributed by atoms with E-state index in [1.165, 1.54) is 6.92 Å². The summed E-state index contributed by atoms with van der Waals surface area (Å²) in [5.74, 6) is -0.339. The molecule has 1 aliphatic heterocycles. The van der Waals surface area contributed by atoms with E-state index >= 15 is 0 Å². The highest BCUT2D eigenvalue weighted by atomic mass is 19.4. The van der Waals surface area contributed by atoms with Crippen LogP contribution in [0.4, 0.5) is 13.2 Å². The molecule has 1 amide bonds. The lowest BCUT2D eigenvalue weighted by Crippen LogP contribution is -2.49. The first kappa shape index (κ1) is 18.6. The molecule has 0 spiro atoms. The Kier molecular flexibility index (Phi) is 5.76. The number of aromatic nitrogens is 2. The van der Waals surface area contributed by atoms with E-state index in [1.54, 1.807) is 0 Å². The van der Waals surface area contributed by atoms with Crippen molar-refractivity contribution in [2.24, 2.45) is 0 Å². The summed E-state index contributed by atoms with van der Waals surface area (Å²) in [6.45, 7) is 6.61. The Hall–Kier alpha value is -1.74. The summed E-state index contributed by atoms with van der Waals surface area (Å²) in [7, 11) is 0. The van der Waals surface area contributed by atoms with E-state index in [4.69, 9.17) is 4.74 Å². The maximum Gasteiger partial charge on any atom is 0.433 e. The van der Waals surface area contributed by atoms with Crippen molar-refractivity contribution in [1.82, 2.24) is 20.2 Å². The molecular formula is C15H21F3N4O2. The monoisotopic (exact) mass is 346 g/mol. The first-order valence-electron chi connectivity index (χ1n) is 7.69. The highest BCUT2D eigenvalue weighted by molar-refractivity contribution is 5.77. The second-order valence-electron chi connectivity index (χ2n) is 6.04. The third-order valence-corrected chi connectivity index (χ3v) is 3.50. The van der Waals surface area contributed by atoms with Crippen molar-refractivity contribution in [1.29, 1.82) is 0 Å². The fraction of sp³-hybridized carbons (Fsp3) is 0.667. The smallest absolute Gasteiger partial charge is 0.373 e. The third kappa shape index (κ3) is 5.41. The summed E-state index contributed by atoms with van der Waals surface area (Å²) in [5, 5.41) is 2.57. The van der Waals surface area contributed by atoms with Crippen LogP contribution in [0.25, 0.3) is 0 Å². The lowest BCUT2D eigenvalue weighted by molar-refractivity contribution is -0.141. The Bertz CT molecular complexity index is 585. The van der Waals surface area contributed by atoms with Crippen molar-refractivity contribution in [2.75, 3.05) is 19.6 Å². The van der Waals surface area contributed by atoms with Gasteiger partial charge in [0.25, 0.3) is 0 Å². The zero-order chi connectivity index (χ0) is 17.9. The number of aryl methyl sites for hydroxylation is 1. The predicted octanol–water partition coefficient (Wildman–Crippen LogP) is 1.53. The summed E-state index contributed by atoms with van der Waals surface area (Å²) in [6.07, 6.45) is -4.46. The normalized spacial score (nSPS) is 22.4. The Balaban J connectivity index is 1.91. The van der Waals surface area contributed by atoms with Crippen LogP contribution in [-0.2, 0) is 22.3 Å². The topological polar surface area (TPSA) is 67.4 Å². The van der Waals surface area contributed by atoms with Gasteiger partial charge in [-0.1, -0.05) is 0 Å². The van der Waals surface area contributed by atoms with Gasteiger partial charge in [0, 0.05) is 18.8 Å². The molecule has 1 fully saturated rings. The quantitative estimate of drug-likeness (QED) is 0.896. The van der Waals surface area contributed by atoms with Gasteiger partial charge in [-0.3, -0.25) is 9.69 Å². The molecule has 0 aromatic carbocycles. The van der Waals surface area contributed by atoms with Crippen LogP contribution in [-0.4, -0.2) is 52.6 Å². The first-order valence-corrected chi connectivity index (χ1v) is 7.69. The van der Waals surface area contributed by atoms with Gasteiger partial charge in [0.2, 0.25) is 5.91 Å². The molecule has 1 N–H and O–H groups in total. The average molecular weight is 346 g/mol. The van der Waals surface area contributed by atoms with Crippen molar-refractivity contribution < 1.29 is 22.7 Å². The molecule has 1 saturated heterocycles. The van der Waals surface area contributed by atoms with Crippen molar-refractivity contribution in [3.05, 3.63) is 23.3 Å². The highest BCUT2D eigenvalue weighted by Crippen LogP contribution is 2.27. The Labute approximate surface area is 138 Å². The van der Waals surface area contributed by atoms with Crippen LogP contribution >= 0.6 is 0 Å². The SMILES string of the molecule is Cc1cc(C(F)(F)F)nc(CNC(=O)CN2C[C@@H](C)O[C@@H](C)C2)n1. The van der Waals surface area contributed by atoms with Crippen LogP contribution in [0.2, 0.25) is 0 Å². The third-order valence-electron chi connectivity index (χ3n) is 3.50. The van der Waals surface area contributed by atoms with Gasteiger partial charge in [-0.15, -0.1) is 0 Å². The zero-order valence-electron chi connectivity index (χ0n) is 13.9. The number of halogens is 3. The molecule has 2 atom stereocenters. The zero-order valence-corrected chi connectivity index (χ0v) is 13.9. The number of ether oxygens (including phenoxy) is 1. The molecule has 9 heteroatoms. The molecule has 0 radical (unpaired) electrons. The molecule has 6 nitrogen and oxygen atoms in total. The van der Waals surface area contributed by atoms with Crippen molar-refractivity contribution in [2.45, 2.75) is 45.7 Å². The Morgan fingerprint density at radius 3 is 2.54 bits per heavy atom. The Morgan fingerprint density at radius 2 is 1.96 bits per heavy atom. The Morgan fingerprint density at radius 1 is 1.33 bits per heavy atom. The summed E-state index contributed by atoms with van der Waals surface area (Å²) in [6, 6.07) is 0.877. The van der Waals surface area contributed by atoms with Gasteiger partial charge in [-0.2, -0.15) is 13.2 Å².